The molecule has 1 fully saturated rings. The molecule has 9 heteroatoms. The van der Waals surface area contributed by atoms with Gasteiger partial charge in [0.15, 0.2) is 6.29 Å². The minimum atomic E-state index is -1.57. The Hall–Kier alpha value is -1.85. The molecule has 0 aliphatic carbocycles. The van der Waals surface area contributed by atoms with Crippen LogP contribution in [0.3, 0.4) is 0 Å². The maximum absolute atomic E-state index is 13.1. The Morgan fingerprint density at radius 1 is 0.453 bits per heavy atom. The Morgan fingerprint density at radius 2 is 0.800 bits per heavy atom. The fraction of sp³-hybridized carbons (Fsp3) is 0.864. The van der Waals surface area contributed by atoms with Gasteiger partial charge in [-0.05, 0) is 64.2 Å². The number of nitrogens with one attached hydrogen (secondary N) is 1. The van der Waals surface area contributed by atoms with E-state index in [9.17, 15) is 30.3 Å². The van der Waals surface area contributed by atoms with Crippen LogP contribution in [0.1, 0.15) is 309 Å². The van der Waals surface area contributed by atoms with E-state index in [0.717, 1.165) is 44.9 Å². The second-order valence-corrected chi connectivity index (χ2v) is 22.5. The van der Waals surface area contributed by atoms with Gasteiger partial charge in [-0.1, -0.05) is 287 Å². The Kier molecular flexibility index (Phi) is 52.6. The fourth-order valence-electron chi connectivity index (χ4n) is 10.3. The normalized spacial score (nSPS) is 19.2. The van der Waals surface area contributed by atoms with Crippen LogP contribution in [0.15, 0.2) is 48.6 Å². The number of unbranched alkanes of at least 4 members (excludes halogenated alkanes) is 40. The van der Waals surface area contributed by atoms with E-state index in [1.807, 2.05) is 6.08 Å². The zero-order chi connectivity index (χ0) is 54.3. The van der Waals surface area contributed by atoms with Crippen molar-refractivity contribution in [3.8, 4) is 0 Å². The lowest BCUT2D eigenvalue weighted by Gasteiger charge is -2.40. The summed E-state index contributed by atoms with van der Waals surface area (Å²) in [6.07, 6.45) is 67.8. The summed E-state index contributed by atoms with van der Waals surface area (Å²) in [4.78, 5) is 13.1. The van der Waals surface area contributed by atoms with Crippen molar-refractivity contribution in [1.82, 2.24) is 5.32 Å². The number of amides is 1. The number of allylic oxidation sites excluding steroid dienone is 7. The average Bonchev–Trinajstić information content (AvgIpc) is 3.41. The molecule has 0 aromatic carbocycles. The van der Waals surface area contributed by atoms with Crippen molar-refractivity contribution in [2.24, 2.45) is 0 Å². The Balaban J connectivity index is 2.10. The molecule has 440 valence electrons. The first-order chi connectivity index (χ1) is 36.8. The molecule has 1 amide bonds. The summed E-state index contributed by atoms with van der Waals surface area (Å²) in [5.41, 5.74) is 0. The maximum Gasteiger partial charge on any atom is 0.220 e. The highest BCUT2D eigenvalue weighted by atomic mass is 16.7. The van der Waals surface area contributed by atoms with E-state index in [0.29, 0.717) is 6.42 Å². The number of aliphatic hydroxyl groups excluding tert-OH is 5. The van der Waals surface area contributed by atoms with Crippen LogP contribution in [0.4, 0.5) is 0 Å². The van der Waals surface area contributed by atoms with E-state index >= 15 is 0 Å². The fourth-order valence-corrected chi connectivity index (χ4v) is 10.3. The van der Waals surface area contributed by atoms with Gasteiger partial charge in [0, 0.05) is 6.42 Å². The number of ether oxygens (including phenoxy) is 2. The van der Waals surface area contributed by atoms with Gasteiger partial charge in [0.25, 0.3) is 0 Å². The minimum absolute atomic E-state index is 0.182. The second kappa shape index (κ2) is 55.5. The van der Waals surface area contributed by atoms with Gasteiger partial charge in [-0.3, -0.25) is 4.79 Å². The number of rotatable bonds is 56. The van der Waals surface area contributed by atoms with Crippen molar-refractivity contribution in [3.63, 3.8) is 0 Å². The lowest BCUT2D eigenvalue weighted by atomic mass is 9.99. The van der Waals surface area contributed by atoms with Crippen molar-refractivity contribution in [2.45, 2.75) is 352 Å². The summed E-state index contributed by atoms with van der Waals surface area (Å²) in [6, 6.07) is -0.821. The summed E-state index contributed by atoms with van der Waals surface area (Å²) < 4.78 is 11.3. The molecule has 0 aromatic heterocycles. The molecular formula is C66H123NO8. The van der Waals surface area contributed by atoms with E-state index in [2.05, 4.69) is 55.6 Å². The summed E-state index contributed by atoms with van der Waals surface area (Å²) in [7, 11) is 0. The summed E-state index contributed by atoms with van der Waals surface area (Å²) in [6.45, 7) is 3.78. The first kappa shape index (κ1) is 71.2. The lowest BCUT2D eigenvalue weighted by molar-refractivity contribution is -0.302. The quantitative estimate of drug-likeness (QED) is 0.0261. The van der Waals surface area contributed by atoms with Crippen molar-refractivity contribution in [3.05, 3.63) is 48.6 Å². The third-order valence-electron chi connectivity index (χ3n) is 15.4. The van der Waals surface area contributed by atoms with E-state index < -0.39 is 49.5 Å². The zero-order valence-corrected chi connectivity index (χ0v) is 49.1. The number of hydrogen-bond donors (Lipinski definition) is 6. The van der Waals surface area contributed by atoms with Crippen molar-refractivity contribution < 1.29 is 39.8 Å². The van der Waals surface area contributed by atoms with Gasteiger partial charge in [-0.15, -0.1) is 0 Å². The van der Waals surface area contributed by atoms with Crippen LogP contribution < -0.4 is 5.32 Å². The van der Waals surface area contributed by atoms with Gasteiger partial charge in [0.1, 0.15) is 24.4 Å². The number of hydrogen-bond acceptors (Lipinski definition) is 8. The van der Waals surface area contributed by atoms with Crippen molar-refractivity contribution in [2.75, 3.05) is 13.2 Å². The highest BCUT2D eigenvalue weighted by molar-refractivity contribution is 5.76. The van der Waals surface area contributed by atoms with Crippen LogP contribution in [-0.2, 0) is 14.3 Å². The summed E-state index contributed by atoms with van der Waals surface area (Å²) >= 11 is 0. The monoisotopic (exact) mass is 1060 g/mol. The smallest absolute Gasteiger partial charge is 0.220 e. The Labute approximate surface area is 463 Å². The highest BCUT2D eigenvalue weighted by Gasteiger charge is 2.44. The van der Waals surface area contributed by atoms with Gasteiger partial charge in [-0.2, -0.15) is 0 Å². The molecule has 1 saturated heterocycles. The van der Waals surface area contributed by atoms with Crippen molar-refractivity contribution >= 4 is 5.91 Å². The highest BCUT2D eigenvalue weighted by Crippen LogP contribution is 2.23. The number of carbonyl (C=O) groups is 1. The minimum Gasteiger partial charge on any atom is -0.394 e. The van der Waals surface area contributed by atoms with Crippen LogP contribution in [-0.4, -0.2) is 87.5 Å². The molecule has 1 rings (SSSR count). The molecule has 0 aromatic rings. The molecule has 0 saturated carbocycles. The first-order valence-electron chi connectivity index (χ1n) is 32.4. The van der Waals surface area contributed by atoms with Crippen molar-refractivity contribution in [1.29, 1.82) is 0 Å². The van der Waals surface area contributed by atoms with E-state index in [-0.39, 0.29) is 12.5 Å². The molecule has 0 radical (unpaired) electrons. The molecule has 9 nitrogen and oxygen atoms in total. The second-order valence-electron chi connectivity index (χ2n) is 22.5. The molecule has 1 aliphatic rings. The van der Waals surface area contributed by atoms with Crippen LogP contribution >= 0.6 is 0 Å². The van der Waals surface area contributed by atoms with E-state index in [1.54, 1.807) is 6.08 Å². The van der Waals surface area contributed by atoms with Crippen LogP contribution in [0, 0.1) is 0 Å². The van der Waals surface area contributed by atoms with Gasteiger partial charge in [0.05, 0.1) is 25.4 Å². The molecule has 0 spiro atoms. The standard InChI is InChI=1S/C66H123NO8/c1-3-5-7-9-11-13-15-17-19-21-22-23-24-25-26-27-28-29-30-31-32-33-34-35-36-37-38-40-42-44-46-48-50-52-54-56-62(70)67-59(58-74-66-65(73)64(72)63(71)61(57-68)75-66)60(69)55-53-51-49-47-45-43-41-39-20-18-16-14-12-10-8-6-4-2/h15,17,21-22,45,47,53,55,59-61,63-66,68-69,71-73H,3-14,16,18-20,23-44,46,48-52,54,56-58H2,1-2H3,(H,67,70)/b17-15-,22-21-,47-45+,55-53+. The van der Waals surface area contributed by atoms with Gasteiger partial charge in [-0.25, -0.2) is 0 Å². The largest absolute Gasteiger partial charge is 0.394 e. The van der Waals surface area contributed by atoms with E-state index in [1.165, 1.54) is 244 Å². The first-order valence-corrected chi connectivity index (χ1v) is 32.4. The topological polar surface area (TPSA) is 149 Å². The SMILES string of the molecule is CCCCCCC/C=C\C/C=C\CCCCCCCCCCCCCCCCCCCCCCCCCC(=O)NC(COC1OC(CO)C(O)C(O)C1O)C(O)/C=C/CC/C=C/CCCCCCCCCCCCC. The Bertz CT molecular complexity index is 1320. The zero-order valence-electron chi connectivity index (χ0n) is 49.1. The Morgan fingerprint density at radius 3 is 1.20 bits per heavy atom. The van der Waals surface area contributed by atoms with E-state index in [4.69, 9.17) is 9.47 Å². The average molecular weight is 1060 g/mol. The molecule has 7 atom stereocenters. The molecule has 75 heavy (non-hydrogen) atoms. The van der Waals surface area contributed by atoms with Crippen LogP contribution in [0.2, 0.25) is 0 Å². The third-order valence-corrected chi connectivity index (χ3v) is 15.4. The molecular weight excluding hydrogens is 935 g/mol. The lowest BCUT2D eigenvalue weighted by Crippen LogP contribution is -2.60. The third kappa shape index (κ3) is 44.7. The predicted molar refractivity (Wildman–Crippen MR) is 318 cm³/mol. The molecule has 7 unspecified atom stereocenters. The number of carbonyl (C=O) groups excluding carboxylic acids is 1. The summed E-state index contributed by atoms with van der Waals surface area (Å²) in [5.74, 6) is -0.182. The van der Waals surface area contributed by atoms with Gasteiger partial charge in [0.2, 0.25) is 5.91 Å². The molecule has 1 aliphatic heterocycles. The molecule has 0 bridgehead atoms. The number of aliphatic hydroxyl groups is 5. The molecule has 1 heterocycles. The summed E-state index contributed by atoms with van der Waals surface area (Å²) in [5, 5.41) is 54.5. The van der Waals surface area contributed by atoms with Gasteiger partial charge < -0.3 is 40.3 Å². The van der Waals surface area contributed by atoms with Crippen LogP contribution in [0.25, 0.3) is 0 Å². The predicted octanol–water partition coefficient (Wildman–Crippen LogP) is 16.9. The van der Waals surface area contributed by atoms with Gasteiger partial charge >= 0.3 is 0 Å². The maximum atomic E-state index is 13.1. The van der Waals surface area contributed by atoms with Crippen LogP contribution in [0.5, 0.6) is 0 Å². The molecule has 6 N–H and O–H groups in total.